The van der Waals surface area contributed by atoms with Crippen molar-refractivity contribution in [3.8, 4) is 0 Å². The number of carbonyl (C=O) groups excluding carboxylic acids is 1. The van der Waals surface area contributed by atoms with Crippen LogP contribution in [0.25, 0.3) is 0 Å². The average molecular weight is 344 g/mol. The van der Waals surface area contributed by atoms with Crippen molar-refractivity contribution >= 4 is 33.4 Å². The Labute approximate surface area is 121 Å². The van der Waals surface area contributed by atoms with Gasteiger partial charge < -0.3 is 10.1 Å². The molecule has 2 rings (SSSR count). The number of hydrogen-bond donors (Lipinski definition) is 1. The van der Waals surface area contributed by atoms with Gasteiger partial charge >= 0.3 is 5.97 Å². The Morgan fingerprint density at radius 2 is 2.00 bits per heavy atom. The summed E-state index contributed by atoms with van der Waals surface area (Å²) >= 11 is 2.95. The van der Waals surface area contributed by atoms with Crippen LogP contribution in [-0.2, 0) is 4.74 Å². The first-order chi connectivity index (χ1) is 9.51. The van der Waals surface area contributed by atoms with Gasteiger partial charge in [0.1, 0.15) is 17.5 Å². The fraction of sp³-hybridized carbons (Fsp3) is 0.0833. The third-order valence-electron chi connectivity index (χ3n) is 2.32. The molecule has 0 atom stereocenters. The predicted octanol–water partition coefficient (Wildman–Crippen LogP) is 3.05. The molecule has 0 bridgehead atoms. The number of rotatable bonds is 3. The van der Waals surface area contributed by atoms with E-state index in [0.717, 1.165) is 6.07 Å². The first kappa shape index (κ1) is 14.3. The van der Waals surface area contributed by atoms with Gasteiger partial charge in [-0.2, -0.15) is 0 Å². The van der Waals surface area contributed by atoms with E-state index in [1.807, 2.05) is 0 Å². The second kappa shape index (κ2) is 5.91. The minimum Gasteiger partial charge on any atom is -0.464 e. The highest BCUT2D eigenvalue weighted by atomic mass is 79.9. The maximum absolute atomic E-state index is 13.5. The number of nitrogens with zero attached hydrogens (tertiary/aromatic N) is 2. The third kappa shape index (κ3) is 3.08. The summed E-state index contributed by atoms with van der Waals surface area (Å²) < 4.78 is 31.2. The van der Waals surface area contributed by atoms with E-state index in [1.165, 1.54) is 25.6 Å². The Hall–Kier alpha value is -2.09. The summed E-state index contributed by atoms with van der Waals surface area (Å²) in [5.74, 6) is -1.90. The van der Waals surface area contributed by atoms with E-state index in [2.05, 4.69) is 36.0 Å². The molecule has 104 valence electrons. The summed E-state index contributed by atoms with van der Waals surface area (Å²) in [5, 5.41) is 2.63. The van der Waals surface area contributed by atoms with Gasteiger partial charge in [-0.1, -0.05) is 0 Å². The summed E-state index contributed by atoms with van der Waals surface area (Å²) in [4.78, 5) is 18.9. The number of hydrogen-bond acceptors (Lipinski definition) is 5. The molecular weight excluding hydrogens is 336 g/mol. The zero-order chi connectivity index (χ0) is 14.7. The zero-order valence-corrected chi connectivity index (χ0v) is 11.7. The van der Waals surface area contributed by atoms with Gasteiger partial charge in [0.05, 0.1) is 29.7 Å². The Balaban J connectivity index is 2.22. The maximum Gasteiger partial charge on any atom is 0.358 e. The first-order valence-corrected chi connectivity index (χ1v) is 6.12. The molecule has 1 aromatic carbocycles. The maximum atomic E-state index is 13.5. The SMILES string of the molecule is COC(=O)c1cnc(Nc2cc(Br)c(F)cc2F)cn1. The van der Waals surface area contributed by atoms with Crippen molar-refractivity contribution in [2.24, 2.45) is 0 Å². The van der Waals surface area contributed by atoms with Gasteiger partial charge in [0.25, 0.3) is 0 Å². The van der Waals surface area contributed by atoms with Crippen LogP contribution in [0.3, 0.4) is 0 Å². The Kier molecular flexibility index (Phi) is 4.23. The molecule has 0 aliphatic heterocycles. The van der Waals surface area contributed by atoms with Gasteiger partial charge in [0, 0.05) is 6.07 Å². The van der Waals surface area contributed by atoms with Crippen LogP contribution in [0.2, 0.25) is 0 Å². The van der Waals surface area contributed by atoms with Crippen molar-refractivity contribution in [2.75, 3.05) is 12.4 Å². The van der Waals surface area contributed by atoms with Crippen LogP contribution < -0.4 is 5.32 Å². The van der Waals surface area contributed by atoms with Crippen LogP contribution in [0.5, 0.6) is 0 Å². The second-order valence-corrected chi connectivity index (χ2v) is 4.50. The lowest BCUT2D eigenvalue weighted by Gasteiger charge is -2.07. The molecule has 0 saturated heterocycles. The minimum absolute atomic E-state index is 0.0263. The Morgan fingerprint density at radius 1 is 1.25 bits per heavy atom. The largest absolute Gasteiger partial charge is 0.464 e. The van der Waals surface area contributed by atoms with Crippen molar-refractivity contribution in [1.82, 2.24) is 9.97 Å². The van der Waals surface area contributed by atoms with E-state index in [9.17, 15) is 13.6 Å². The molecule has 1 heterocycles. The minimum atomic E-state index is -0.774. The molecule has 0 saturated carbocycles. The Bertz CT molecular complexity index is 650. The smallest absolute Gasteiger partial charge is 0.358 e. The molecule has 0 spiro atoms. The van der Waals surface area contributed by atoms with E-state index >= 15 is 0 Å². The second-order valence-electron chi connectivity index (χ2n) is 3.65. The number of aromatic nitrogens is 2. The number of halogens is 3. The number of nitrogens with one attached hydrogen (secondary N) is 1. The molecule has 0 amide bonds. The standard InChI is InChI=1S/C12H8BrF2N3O2/c1-20-12(19)10-4-17-11(5-16-10)18-9-2-6(13)7(14)3-8(9)15/h2-5H,1H3,(H,17,18). The number of benzene rings is 1. The molecule has 0 unspecified atom stereocenters. The van der Waals surface area contributed by atoms with E-state index in [1.54, 1.807) is 0 Å². The highest BCUT2D eigenvalue weighted by molar-refractivity contribution is 9.10. The van der Waals surface area contributed by atoms with Crippen molar-refractivity contribution in [2.45, 2.75) is 0 Å². The highest BCUT2D eigenvalue weighted by Crippen LogP contribution is 2.25. The third-order valence-corrected chi connectivity index (χ3v) is 2.93. The van der Waals surface area contributed by atoms with Gasteiger partial charge in [-0.05, 0) is 22.0 Å². The number of carbonyl (C=O) groups is 1. The van der Waals surface area contributed by atoms with Gasteiger partial charge in [-0.15, -0.1) is 0 Å². The quantitative estimate of drug-likeness (QED) is 0.685. The van der Waals surface area contributed by atoms with Crippen LogP contribution in [0, 0.1) is 11.6 Å². The van der Waals surface area contributed by atoms with Gasteiger partial charge in [-0.3, -0.25) is 0 Å². The fourth-order valence-corrected chi connectivity index (χ4v) is 1.70. The van der Waals surface area contributed by atoms with Gasteiger partial charge in [0.15, 0.2) is 5.69 Å². The molecule has 5 nitrogen and oxygen atoms in total. The summed E-state index contributed by atoms with van der Waals surface area (Å²) in [6.07, 6.45) is 2.42. The number of methoxy groups -OCH3 is 1. The van der Waals surface area contributed by atoms with Crippen LogP contribution in [0.1, 0.15) is 10.5 Å². The fourth-order valence-electron chi connectivity index (χ4n) is 1.36. The topological polar surface area (TPSA) is 64.1 Å². The van der Waals surface area contributed by atoms with Crippen LogP contribution >= 0.6 is 15.9 Å². The molecule has 0 aliphatic carbocycles. The Morgan fingerprint density at radius 3 is 2.60 bits per heavy atom. The molecule has 1 N–H and O–H groups in total. The van der Waals surface area contributed by atoms with Crippen LogP contribution in [-0.4, -0.2) is 23.0 Å². The average Bonchev–Trinajstić information content (AvgIpc) is 2.44. The summed E-state index contributed by atoms with van der Waals surface area (Å²) in [5.41, 5.74) is 0.0530. The van der Waals surface area contributed by atoms with Crippen molar-refractivity contribution in [1.29, 1.82) is 0 Å². The van der Waals surface area contributed by atoms with E-state index < -0.39 is 17.6 Å². The molecule has 20 heavy (non-hydrogen) atoms. The van der Waals surface area contributed by atoms with Gasteiger partial charge in [0.2, 0.25) is 0 Å². The summed E-state index contributed by atoms with van der Waals surface area (Å²) in [7, 11) is 1.22. The number of esters is 1. The van der Waals surface area contributed by atoms with Crippen molar-refractivity contribution in [3.05, 3.63) is 46.3 Å². The lowest BCUT2D eigenvalue weighted by atomic mass is 10.3. The molecule has 1 aromatic heterocycles. The van der Waals surface area contributed by atoms with E-state index in [0.29, 0.717) is 0 Å². The van der Waals surface area contributed by atoms with Crippen molar-refractivity contribution in [3.63, 3.8) is 0 Å². The molecule has 0 radical (unpaired) electrons. The molecule has 0 aliphatic rings. The lowest BCUT2D eigenvalue weighted by Crippen LogP contribution is -2.06. The van der Waals surface area contributed by atoms with Crippen molar-refractivity contribution < 1.29 is 18.3 Å². The molecule has 8 heteroatoms. The monoisotopic (exact) mass is 343 g/mol. The normalized spacial score (nSPS) is 10.2. The number of anilines is 2. The van der Waals surface area contributed by atoms with E-state index in [-0.39, 0.29) is 21.7 Å². The lowest BCUT2D eigenvalue weighted by molar-refractivity contribution is 0.0593. The highest BCUT2D eigenvalue weighted by Gasteiger charge is 2.11. The molecule has 2 aromatic rings. The molecular formula is C12H8BrF2N3O2. The first-order valence-electron chi connectivity index (χ1n) is 5.33. The van der Waals surface area contributed by atoms with E-state index in [4.69, 9.17) is 0 Å². The zero-order valence-electron chi connectivity index (χ0n) is 10.2. The summed E-state index contributed by atoms with van der Waals surface area (Å²) in [6, 6.07) is 1.98. The van der Waals surface area contributed by atoms with Crippen LogP contribution in [0.4, 0.5) is 20.3 Å². The van der Waals surface area contributed by atoms with Gasteiger partial charge in [-0.25, -0.2) is 23.5 Å². The summed E-state index contributed by atoms with van der Waals surface area (Å²) in [6.45, 7) is 0. The predicted molar refractivity (Wildman–Crippen MR) is 70.7 cm³/mol. The number of ether oxygens (including phenoxy) is 1. The van der Waals surface area contributed by atoms with Crippen LogP contribution in [0.15, 0.2) is 29.0 Å². The molecule has 0 fully saturated rings.